The van der Waals surface area contributed by atoms with E-state index in [4.69, 9.17) is 5.73 Å². The number of carbonyl (C=O) groups excluding carboxylic acids is 1. The summed E-state index contributed by atoms with van der Waals surface area (Å²) < 4.78 is 1.97. The van der Waals surface area contributed by atoms with Crippen molar-refractivity contribution >= 4 is 23.4 Å². The van der Waals surface area contributed by atoms with Crippen LogP contribution in [-0.4, -0.2) is 44.8 Å². The van der Waals surface area contributed by atoms with Crippen LogP contribution in [0.2, 0.25) is 0 Å². The van der Waals surface area contributed by atoms with E-state index in [9.17, 15) is 4.79 Å². The van der Waals surface area contributed by atoms with Gasteiger partial charge in [0.05, 0.1) is 23.5 Å². The molecule has 0 radical (unpaired) electrons. The number of hydrogen-bond donors (Lipinski definition) is 4. The maximum atomic E-state index is 11.5. The second-order valence-corrected chi connectivity index (χ2v) is 6.57. The minimum Gasteiger partial charge on any atom is -0.367 e. The molecule has 132 valence electrons. The van der Waals surface area contributed by atoms with Gasteiger partial charge in [-0.2, -0.15) is 10.1 Å². The lowest BCUT2D eigenvalue weighted by Gasteiger charge is -2.22. The number of carbonyl (C=O) groups is 1. The van der Waals surface area contributed by atoms with E-state index in [0.29, 0.717) is 29.4 Å². The first-order chi connectivity index (χ1) is 12.2. The van der Waals surface area contributed by atoms with Crippen molar-refractivity contribution in [1.29, 1.82) is 0 Å². The Bertz CT molecular complexity index is 763. The van der Waals surface area contributed by atoms with Gasteiger partial charge < -0.3 is 21.7 Å². The van der Waals surface area contributed by atoms with E-state index in [2.05, 4.69) is 31.0 Å². The summed E-state index contributed by atoms with van der Waals surface area (Å²) in [5.74, 6) is 0.359. The normalized spacial score (nSPS) is 20.2. The third-order valence-electron chi connectivity index (χ3n) is 4.48. The van der Waals surface area contributed by atoms with Crippen LogP contribution in [0.25, 0.3) is 0 Å². The van der Waals surface area contributed by atoms with Gasteiger partial charge in [-0.15, -0.1) is 0 Å². The molecule has 0 bridgehead atoms. The number of primary amides is 1. The fourth-order valence-electron chi connectivity index (χ4n) is 2.94. The van der Waals surface area contributed by atoms with Gasteiger partial charge in [-0.25, -0.2) is 4.98 Å². The molecule has 5 N–H and O–H groups in total. The molecule has 0 spiro atoms. The molecule has 4 rings (SSSR count). The van der Waals surface area contributed by atoms with Crippen molar-refractivity contribution < 1.29 is 4.79 Å². The number of piperidine rings is 1. The van der Waals surface area contributed by atoms with Gasteiger partial charge in [-0.3, -0.25) is 9.48 Å². The van der Waals surface area contributed by atoms with Crippen molar-refractivity contribution in [2.75, 3.05) is 23.7 Å². The lowest BCUT2D eigenvalue weighted by Crippen LogP contribution is -2.31. The molecule has 2 aromatic rings. The molecular formula is C16H22N8O. The SMILES string of the molecule is NC(=O)c1cnc(Nc2cnn([C@@H]3CCCNC3)c2)nc1NC1CC1. The van der Waals surface area contributed by atoms with E-state index >= 15 is 0 Å². The molecule has 1 saturated carbocycles. The number of nitrogens with two attached hydrogens (primary N) is 1. The zero-order valence-corrected chi connectivity index (χ0v) is 13.9. The van der Waals surface area contributed by atoms with Crippen LogP contribution in [0.3, 0.4) is 0 Å². The molecule has 0 unspecified atom stereocenters. The first-order valence-electron chi connectivity index (χ1n) is 8.64. The quantitative estimate of drug-likeness (QED) is 0.618. The highest BCUT2D eigenvalue weighted by Crippen LogP contribution is 2.26. The zero-order chi connectivity index (χ0) is 17.2. The molecule has 1 aliphatic carbocycles. The Labute approximate surface area is 145 Å². The second-order valence-electron chi connectivity index (χ2n) is 6.57. The molecule has 1 aliphatic heterocycles. The fourth-order valence-corrected chi connectivity index (χ4v) is 2.94. The first kappa shape index (κ1) is 15.8. The number of nitrogens with one attached hydrogen (secondary N) is 3. The van der Waals surface area contributed by atoms with Crippen LogP contribution < -0.4 is 21.7 Å². The summed E-state index contributed by atoms with van der Waals surface area (Å²) in [5, 5.41) is 14.2. The molecule has 25 heavy (non-hydrogen) atoms. The summed E-state index contributed by atoms with van der Waals surface area (Å²) in [6.45, 7) is 2.00. The Kier molecular flexibility index (Phi) is 4.22. The van der Waals surface area contributed by atoms with Crippen LogP contribution in [0, 0.1) is 0 Å². The van der Waals surface area contributed by atoms with E-state index in [0.717, 1.165) is 44.5 Å². The number of aromatic nitrogens is 4. The molecule has 2 fully saturated rings. The van der Waals surface area contributed by atoms with E-state index in [1.54, 1.807) is 6.20 Å². The molecule has 1 saturated heterocycles. The maximum Gasteiger partial charge on any atom is 0.254 e. The Morgan fingerprint density at radius 2 is 2.20 bits per heavy atom. The second kappa shape index (κ2) is 6.67. The summed E-state index contributed by atoms with van der Waals surface area (Å²) in [5.41, 5.74) is 6.52. The number of rotatable bonds is 6. The lowest BCUT2D eigenvalue weighted by atomic mass is 10.1. The summed E-state index contributed by atoms with van der Waals surface area (Å²) in [7, 11) is 0. The minimum absolute atomic E-state index is 0.307. The smallest absolute Gasteiger partial charge is 0.254 e. The van der Waals surface area contributed by atoms with Gasteiger partial charge >= 0.3 is 0 Å². The zero-order valence-electron chi connectivity index (χ0n) is 13.9. The molecule has 1 amide bonds. The molecule has 2 aliphatic rings. The van der Waals surface area contributed by atoms with E-state index in [1.807, 2.05) is 10.9 Å². The average molecular weight is 342 g/mol. The largest absolute Gasteiger partial charge is 0.367 e. The maximum absolute atomic E-state index is 11.5. The van der Waals surface area contributed by atoms with Crippen LogP contribution in [-0.2, 0) is 0 Å². The van der Waals surface area contributed by atoms with Crippen molar-refractivity contribution in [2.24, 2.45) is 5.73 Å². The average Bonchev–Trinajstić information content (AvgIpc) is 3.31. The van der Waals surface area contributed by atoms with Crippen LogP contribution >= 0.6 is 0 Å². The highest BCUT2D eigenvalue weighted by Gasteiger charge is 2.24. The summed E-state index contributed by atoms with van der Waals surface area (Å²) >= 11 is 0. The topological polar surface area (TPSA) is 123 Å². The minimum atomic E-state index is -0.535. The lowest BCUT2D eigenvalue weighted by molar-refractivity contribution is 0.100. The van der Waals surface area contributed by atoms with Gasteiger partial charge in [-0.05, 0) is 32.2 Å². The van der Waals surface area contributed by atoms with Gasteiger partial charge in [0, 0.05) is 25.0 Å². The van der Waals surface area contributed by atoms with Crippen molar-refractivity contribution in [3.63, 3.8) is 0 Å². The van der Waals surface area contributed by atoms with Crippen LogP contribution in [0.15, 0.2) is 18.6 Å². The standard InChI is InChI=1S/C16H22N8O/c17-14(25)13-8-19-16(23-15(13)21-10-3-4-10)22-11-6-20-24(9-11)12-2-1-5-18-7-12/h6,8-10,12,18H,1-5,7H2,(H2,17,25)(H2,19,21,22,23)/t12-/m1/s1. The summed E-state index contributed by atoms with van der Waals surface area (Å²) in [6, 6.07) is 0.733. The number of anilines is 3. The third-order valence-corrected chi connectivity index (χ3v) is 4.48. The van der Waals surface area contributed by atoms with Gasteiger partial charge in [0.15, 0.2) is 0 Å². The Morgan fingerprint density at radius 1 is 1.32 bits per heavy atom. The molecule has 9 heteroatoms. The Balaban J connectivity index is 1.50. The number of hydrogen-bond acceptors (Lipinski definition) is 7. The van der Waals surface area contributed by atoms with E-state index in [-0.39, 0.29) is 0 Å². The van der Waals surface area contributed by atoms with Crippen molar-refractivity contribution in [1.82, 2.24) is 25.1 Å². The van der Waals surface area contributed by atoms with Crippen molar-refractivity contribution in [3.8, 4) is 0 Å². The van der Waals surface area contributed by atoms with E-state index in [1.165, 1.54) is 6.20 Å². The van der Waals surface area contributed by atoms with Gasteiger partial charge in [0.2, 0.25) is 5.95 Å². The Morgan fingerprint density at radius 3 is 2.92 bits per heavy atom. The van der Waals surface area contributed by atoms with Crippen molar-refractivity contribution in [3.05, 3.63) is 24.2 Å². The van der Waals surface area contributed by atoms with Crippen LogP contribution in [0.4, 0.5) is 17.5 Å². The molecule has 1 atom stereocenters. The highest BCUT2D eigenvalue weighted by atomic mass is 16.1. The molecule has 9 nitrogen and oxygen atoms in total. The number of nitrogens with zero attached hydrogens (tertiary/aromatic N) is 4. The summed E-state index contributed by atoms with van der Waals surface area (Å²) in [6.07, 6.45) is 9.59. The predicted molar refractivity (Wildman–Crippen MR) is 93.8 cm³/mol. The monoisotopic (exact) mass is 342 g/mol. The van der Waals surface area contributed by atoms with Gasteiger partial charge in [-0.1, -0.05) is 0 Å². The molecule has 0 aromatic carbocycles. The predicted octanol–water partition coefficient (Wildman–Crippen LogP) is 1.01. The fraction of sp³-hybridized carbons (Fsp3) is 0.500. The summed E-state index contributed by atoms with van der Waals surface area (Å²) in [4.78, 5) is 20.1. The highest BCUT2D eigenvalue weighted by molar-refractivity contribution is 5.97. The van der Waals surface area contributed by atoms with Crippen LogP contribution in [0.5, 0.6) is 0 Å². The van der Waals surface area contributed by atoms with E-state index < -0.39 is 5.91 Å². The van der Waals surface area contributed by atoms with Crippen LogP contribution in [0.1, 0.15) is 42.1 Å². The van der Waals surface area contributed by atoms with Gasteiger partial charge in [0.1, 0.15) is 5.82 Å². The third kappa shape index (κ3) is 3.71. The number of amides is 1. The van der Waals surface area contributed by atoms with Crippen molar-refractivity contribution in [2.45, 2.75) is 37.8 Å². The molecule has 2 aromatic heterocycles. The first-order valence-corrected chi connectivity index (χ1v) is 8.64. The van der Waals surface area contributed by atoms with Gasteiger partial charge in [0.25, 0.3) is 5.91 Å². The molecule has 3 heterocycles. The Hall–Kier alpha value is -2.68. The molecular weight excluding hydrogens is 320 g/mol.